The first-order valence-electron chi connectivity index (χ1n) is 6.05. The number of sulfonamides is 1. The summed E-state index contributed by atoms with van der Waals surface area (Å²) in [6.07, 6.45) is 0. The van der Waals surface area contributed by atoms with E-state index in [1.165, 1.54) is 12.1 Å². The van der Waals surface area contributed by atoms with Crippen molar-refractivity contribution in [1.29, 1.82) is 0 Å². The molecule has 0 aliphatic carbocycles. The van der Waals surface area contributed by atoms with E-state index in [1.807, 2.05) is 0 Å². The highest BCUT2D eigenvalue weighted by Gasteiger charge is 2.20. The molecule has 2 N–H and O–H groups in total. The summed E-state index contributed by atoms with van der Waals surface area (Å²) in [5, 5.41) is 0. The van der Waals surface area contributed by atoms with Crippen LogP contribution in [0.25, 0.3) is 0 Å². The number of carbonyl (C=O) groups is 1. The molecule has 2 rings (SSSR count). The summed E-state index contributed by atoms with van der Waals surface area (Å²) in [5.74, 6) is 0.391. The maximum absolute atomic E-state index is 12.2. The number of hydrazine groups is 1. The monoisotopic (exact) mass is 450 g/mol. The van der Waals surface area contributed by atoms with Gasteiger partial charge in [-0.2, -0.15) is 0 Å². The molecule has 0 unspecified atom stereocenters. The van der Waals surface area contributed by atoms with Gasteiger partial charge in [0.25, 0.3) is 15.9 Å². The zero-order valence-electron chi connectivity index (χ0n) is 11.6. The van der Waals surface area contributed by atoms with Crippen LogP contribution in [-0.2, 0) is 10.0 Å². The molecule has 0 atom stereocenters. The van der Waals surface area contributed by atoms with Gasteiger partial charge in [-0.05, 0) is 54.0 Å². The van der Waals surface area contributed by atoms with Crippen LogP contribution in [0.5, 0.6) is 0 Å². The molecule has 1 aromatic carbocycles. The molecule has 1 amide bonds. The number of aryl methyl sites for hydroxylation is 2. The molecule has 1 heterocycles. The number of amides is 1. The number of nitrogens with one attached hydrogen (secondary N) is 2. The molecule has 0 bridgehead atoms. The van der Waals surface area contributed by atoms with Crippen molar-refractivity contribution in [3.8, 4) is 0 Å². The lowest BCUT2D eigenvalue weighted by atomic mass is 10.2. The second kappa shape index (κ2) is 6.53. The molecule has 22 heavy (non-hydrogen) atoms. The zero-order chi connectivity index (χ0) is 16.5. The highest BCUT2D eigenvalue weighted by atomic mass is 79.9. The highest BCUT2D eigenvalue weighted by Crippen LogP contribution is 2.25. The van der Waals surface area contributed by atoms with E-state index in [1.54, 1.807) is 26.0 Å². The minimum Gasteiger partial charge on any atom is -0.466 e. The molecule has 9 heteroatoms. The molecule has 6 nitrogen and oxygen atoms in total. The van der Waals surface area contributed by atoms with Gasteiger partial charge in [0.15, 0.2) is 0 Å². The fraction of sp³-hybridized carbons (Fsp3) is 0.154. The van der Waals surface area contributed by atoms with Gasteiger partial charge in [0.1, 0.15) is 11.5 Å². The summed E-state index contributed by atoms with van der Waals surface area (Å²) in [4.78, 5) is 14.1. The lowest BCUT2D eigenvalue weighted by Gasteiger charge is -2.09. The van der Waals surface area contributed by atoms with Gasteiger partial charge in [0.05, 0.1) is 10.5 Å². The Bertz CT molecular complexity index is 831. The first kappa shape index (κ1) is 17.2. The van der Waals surface area contributed by atoms with Crippen LogP contribution in [0.15, 0.2) is 42.5 Å². The maximum Gasteiger partial charge on any atom is 0.269 e. The lowest BCUT2D eigenvalue weighted by Crippen LogP contribution is -2.41. The van der Waals surface area contributed by atoms with Crippen LogP contribution >= 0.6 is 31.9 Å². The molecular weight excluding hydrogens is 440 g/mol. The quantitative estimate of drug-likeness (QED) is 0.699. The molecule has 0 aliphatic rings. The van der Waals surface area contributed by atoms with Crippen LogP contribution in [-0.4, -0.2) is 14.3 Å². The van der Waals surface area contributed by atoms with E-state index in [2.05, 4.69) is 42.1 Å². The fourth-order valence-corrected chi connectivity index (χ4v) is 4.12. The Labute approximate surface area is 144 Å². The highest BCUT2D eigenvalue weighted by molar-refractivity contribution is 9.11. The van der Waals surface area contributed by atoms with Gasteiger partial charge in [0, 0.05) is 8.95 Å². The van der Waals surface area contributed by atoms with Gasteiger partial charge in [-0.3, -0.25) is 10.2 Å². The Morgan fingerprint density at radius 1 is 1.18 bits per heavy atom. The van der Waals surface area contributed by atoms with Crippen molar-refractivity contribution in [3.63, 3.8) is 0 Å². The van der Waals surface area contributed by atoms with Crippen molar-refractivity contribution in [3.05, 3.63) is 50.3 Å². The number of halogens is 2. The van der Waals surface area contributed by atoms with Gasteiger partial charge in [-0.15, -0.1) is 4.83 Å². The molecule has 0 radical (unpaired) electrons. The Balaban J connectivity index is 2.18. The third-order valence-corrected chi connectivity index (χ3v) is 5.50. The van der Waals surface area contributed by atoms with Gasteiger partial charge in [-0.25, -0.2) is 8.42 Å². The van der Waals surface area contributed by atoms with E-state index in [9.17, 15) is 13.2 Å². The van der Waals surface area contributed by atoms with Crippen molar-refractivity contribution < 1.29 is 17.6 Å². The van der Waals surface area contributed by atoms with Crippen LogP contribution in [0.3, 0.4) is 0 Å². The average molecular weight is 452 g/mol. The molecule has 0 saturated heterocycles. The predicted octanol–water partition coefficient (Wildman–Crippen LogP) is 3.04. The van der Waals surface area contributed by atoms with Crippen LogP contribution < -0.4 is 10.3 Å². The number of rotatable bonds is 4. The Hall–Kier alpha value is -1.16. The first-order valence-corrected chi connectivity index (χ1v) is 9.12. The standard InChI is InChI=1S/C13H12Br2N2O4S/c1-7-5-10(8(2)21-7)13(18)16-17-22(19,20)12-6-9(14)3-4-11(12)15/h3-6,17H,1-2H3,(H,16,18). The van der Waals surface area contributed by atoms with Gasteiger partial charge < -0.3 is 4.42 Å². The smallest absolute Gasteiger partial charge is 0.269 e. The summed E-state index contributed by atoms with van der Waals surface area (Å²) >= 11 is 6.37. The molecule has 118 valence electrons. The van der Waals surface area contributed by atoms with E-state index in [4.69, 9.17) is 4.42 Å². The lowest BCUT2D eigenvalue weighted by molar-refractivity contribution is 0.0943. The van der Waals surface area contributed by atoms with Crippen LogP contribution in [0, 0.1) is 13.8 Å². The molecule has 0 saturated carbocycles. The van der Waals surface area contributed by atoms with Gasteiger partial charge in [-0.1, -0.05) is 15.9 Å². The number of hydrogen-bond acceptors (Lipinski definition) is 4. The molecule has 0 spiro atoms. The van der Waals surface area contributed by atoms with Crippen LogP contribution in [0.4, 0.5) is 0 Å². The molecular formula is C13H12Br2N2O4S. The molecule has 0 aliphatic heterocycles. The minimum absolute atomic E-state index is 0.00210. The summed E-state index contributed by atoms with van der Waals surface area (Å²) in [6, 6.07) is 6.24. The van der Waals surface area contributed by atoms with Gasteiger partial charge in [0.2, 0.25) is 0 Å². The van der Waals surface area contributed by atoms with Crippen LogP contribution in [0.1, 0.15) is 21.9 Å². The van der Waals surface area contributed by atoms with Crippen molar-refractivity contribution in [2.45, 2.75) is 18.7 Å². The molecule has 0 fully saturated rings. The molecule has 2 aromatic rings. The predicted molar refractivity (Wildman–Crippen MR) is 87.8 cm³/mol. The van der Waals surface area contributed by atoms with Crippen molar-refractivity contribution in [2.75, 3.05) is 0 Å². The number of furan rings is 1. The van der Waals surface area contributed by atoms with Crippen LogP contribution in [0.2, 0.25) is 0 Å². The maximum atomic E-state index is 12.2. The normalized spacial score (nSPS) is 11.5. The van der Waals surface area contributed by atoms with E-state index in [0.717, 1.165) is 0 Å². The number of carbonyl (C=O) groups excluding carboxylic acids is 1. The first-order chi connectivity index (χ1) is 10.2. The van der Waals surface area contributed by atoms with Crippen molar-refractivity contribution in [2.24, 2.45) is 0 Å². The molecule has 1 aromatic heterocycles. The third kappa shape index (κ3) is 3.78. The number of hydrogen-bond donors (Lipinski definition) is 2. The zero-order valence-corrected chi connectivity index (χ0v) is 15.6. The van der Waals surface area contributed by atoms with Gasteiger partial charge >= 0.3 is 0 Å². The SMILES string of the molecule is Cc1cc(C(=O)NNS(=O)(=O)c2cc(Br)ccc2Br)c(C)o1. The summed E-state index contributed by atoms with van der Waals surface area (Å²) in [7, 11) is -3.91. The summed E-state index contributed by atoms with van der Waals surface area (Å²) < 4.78 is 30.7. The largest absolute Gasteiger partial charge is 0.466 e. The van der Waals surface area contributed by atoms with E-state index in [0.29, 0.717) is 20.5 Å². The Kier molecular flexibility index (Phi) is 5.10. The van der Waals surface area contributed by atoms with E-state index >= 15 is 0 Å². The van der Waals surface area contributed by atoms with E-state index < -0.39 is 15.9 Å². The Morgan fingerprint density at radius 3 is 2.45 bits per heavy atom. The summed E-state index contributed by atoms with van der Waals surface area (Å²) in [5.41, 5.74) is 2.44. The minimum atomic E-state index is -3.91. The average Bonchev–Trinajstić information content (AvgIpc) is 2.78. The third-order valence-electron chi connectivity index (χ3n) is 2.77. The Morgan fingerprint density at radius 2 is 1.86 bits per heavy atom. The number of benzene rings is 1. The summed E-state index contributed by atoms with van der Waals surface area (Å²) in [6.45, 7) is 3.33. The van der Waals surface area contributed by atoms with Crippen molar-refractivity contribution in [1.82, 2.24) is 10.3 Å². The second-order valence-electron chi connectivity index (χ2n) is 4.46. The second-order valence-corrected chi connectivity index (χ2v) is 7.88. The van der Waals surface area contributed by atoms with E-state index in [-0.39, 0.29) is 10.5 Å². The van der Waals surface area contributed by atoms with Crippen molar-refractivity contribution >= 4 is 47.8 Å². The fourth-order valence-electron chi connectivity index (χ4n) is 1.78. The topological polar surface area (TPSA) is 88.4 Å².